The van der Waals surface area contributed by atoms with Gasteiger partial charge in [0, 0.05) is 18.4 Å². The first-order valence-corrected chi connectivity index (χ1v) is 11.2. The Labute approximate surface area is 185 Å². The second-order valence-corrected chi connectivity index (χ2v) is 8.60. The Morgan fingerprint density at radius 2 is 1.53 bits per heavy atom. The molecule has 0 aliphatic carbocycles. The minimum Gasteiger partial charge on any atom is -0.480 e. The summed E-state index contributed by atoms with van der Waals surface area (Å²) in [5.74, 6) is -1.37. The summed E-state index contributed by atoms with van der Waals surface area (Å²) in [6.45, 7) is 13.1. The quantitative estimate of drug-likeness (QED) is 0.214. The molecule has 7 heteroatoms. The van der Waals surface area contributed by atoms with Crippen LogP contribution in [0.3, 0.4) is 0 Å². The lowest BCUT2D eigenvalue weighted by Crippen LogP contribution is -2.45. The van der Waals surface area contributed by atoms with Crippen molar-refractivity contribution in [2.45, 2.75) is 66.3 Å². The lowest BCUT2D eigenvalue weighted by atomic mass is 10.1. The summed E-state index contributed by atoms with van der Waals surface area (Å²) in [6, 6.07) is -1.05. The summed E-state index contributed by atoms with van der Waals surface area (Å²) in [5.41, 5.74) is 3.83. The average Bonchev–Trinajstić information content (AvgIpc) is 2.62. The van der Waals surface area contributed by atoms with Crippen LogP contribution < -0.4 is 10.6 Å². The van der Waals surface area contributed by atoms with Gasteiger partial charge in [0.2, 0.25) is 5.91 Å². The van der Waals surface area contributed by atoms with E-state index in [1.165, 1.54) is 35.4 Å². The van der Waals surface area contributed by atoms with Crippen LogP contribution >= 0.6 is 11.8 Å². The van der Waals surface area contributed by atoms with E-state index in [9.17, 15) is 19.5 Å². The molecule has 30 heavy (non-hydrogen) atoms. The molecule has 0 spiro atoms. The molecule has 0 heterocycles. The van der Waals surface area contributed by atoms with E-state index in [0.29, 0.717) is 5.75 Å². The Hall–Kier alpha value is -2.28. The van der Waals surface area contributed by atoms with E-state index in [0.717, 1.165) is 25.7 Å². The van der Waals surface area contributed by atoms with Crippen molar-refractivity contribution in [3.8, 4) is 0 Å². The standard InChI is InChI=1S/C23H36N2O4S/c1-16(2)9-7-10-17(3)11-8-12-18(4)13-14-30-15-21(23(28)29)25-22(27)19(5)24-20(6)26/h9,11,13,21H,5,7-8,10,12,14-15H2,1-4,6H3,(H,24,26)(H,25,27)(H,28,29)/b17-11+,18-13+/t21-/m0/s1. The van der Waals surface area contributed by atoms with Gasteiger partial charge in [0.15, 0.2) is 0 Å². The van der Waals surface area contributed by atoms with E-state index >= 15 is 0 Å². The molecule has 0 aromatic carbocycles. The third-order valence-electron chi connectivity index (χ3n) is 4.16. The Morgan fingerprint density at radius 3 is 2.07 bits per heavy atom. The van der Waals surface area contributed by atoms with Gasteiger partial charge in [-0.2, -0.15) is 11.8 Å². The number of thioether (sulfide) groups is 1. The number of rotatable bonds is 14. The zero-order valence-corrected chi connectivity index (χ0v) is 19.7. The molecule has 0 saturated carbocycles. The highest BCUT2D eigenvalue weighted by Gasteiger charge is 2.21. The zero-order valence-electron chi connectivity index (χ0n) is 18.8. The van der Waals surface area contributed by atoms with Gasteiger partial charge in [0.25, 0.3) is 5.91 Å². The summed E-state index contributed by atoms with van der Waals surface area (Å²) >= 11 is 1.43. The van der Waals surface area contributed by atoms with E-state index in [4.69, 9.17) is 0 Å². The van der Waals surface area contributed by atoms with Crippen molar-refractivity contribution in [2.75, 3.05) is 11.5 Å². The summed E-state index contributed by atoms with van der Waals surface area (Å²) in [4.78, 5) is 34.2. The summed E-state index contributed by atoms with van der Waals surface area (Å²) in [7, 11) is 0. The van der Waals surface area contributed by atoms with Gasteiger partial charge in [-0.05, 0) is 53.4 Å². The first kappa shape index (κ1) is 27.7. The molecule has 0 radical (unpaired) electrons. The third kappa shape index (κ3) is 14.7. The molecule has 3 N–H and O–H groups in total. The number of amides is 2. The van der Waals surface area contributed by atoms with E-state index in [1.54, 1.807) is 0 Å². The molecule has 0 unspecified atom stereocenters. The van der Waals surface area contributed by atoms with Crippen molar-refractivity contribution in [3.63, 3.8) is 0 Å². The molecule has 2 amide bonds. The molecule has 0 aliphatic heterocycles. The van der Waals surface area contributed by atoms with Crippen LogP contribution in [0.4, 0.5) is 0 Å². The van der Waals surface area contributed by atoms with Gasteiger partial charge in [-0.25, -0.2) is 4.79 Å². The maximum absolute atomic E-state index is 11.9. The largest absolute Gasteiger partial charge is 0.480 e. The SMILES string of the molecule is C=C(NC(C)=O)C(=O)N[C@@H](CSC/C=C(\C)CC/C=C(\C)CCC=C(C)C)C(=O)O. The maximum Gasteiger partial charge on any atom is 0.327 e. The molecule has 0 aromatic rings. The molecular formula is C23H36N2O4S. The normalized spacial score (nSPS) is 12.7. The van der Waals surface area contributed by atoms with E-state index in [-0.39, 0.29) is 11.4 Å². The van der Waals surface area contributed by atoms with Crippen molar-refractivity contribution in [1.82, 2.24) is 10.6 Å². The molecule has 0 bridgehead atoms. The average molecular weight is 437 g/mol. The smallest absolute Gasteiger partial charge is 0.327 e. The highest BCUT2D eigenvalue weighted by atomic mass is 32.2. The van der Waals surface area contributed by atoms with Crippen LogP contribution in [0.1, 0.15) is 60.3 Å². The molecule has 6 nitrogen and oxygen atoms in total. The minimum atomic E-state index is -1.12. The van der Waals surface area contributed by atoms with E-state index in [1.807, 2.05) is 0 Å². The number of carboxylic acid groups (broad SMARTS) is 1. The topological polar surface area (TPSA) is 95.5 Å². The number of hydrogen-bond donors (Lipinski definition) is 3. The molecule has 0 rings (SSSR count). The predicted molar refractivity (Wildman–Crippen MR) is 125 cm³/mol. The van der Waals surface area contributed by atoms with E-state index < -0.39 is 23.8 Å². The van der Waals surface area contributed by atoms with Crippen LogP contribution in [0.2, 0.25) is 0 Å². The van der Waals surface area contributed by atoms with Gasteiger partial charge >= 0.3 is 5.97 Å². The number of nitrogens with one attached hydrogen (secondary N) is 2. The Bertz CT molecular complexity index is 704. The maximum atomic E-state index is 11.9. The number of aliphatic carboxylic acids is 1. The number of allylic oxidation sites excluding steroid dienone is 5. The van der Waals surface area contributed by atoms with Gasteiger partial charge in [-0.1, -0.05) is 41.5 Å². The molecular weight excluding hydrogens is 400 g/mol. The fraction of sp³-hybridized carbons (Fsp3) is 0.522. The number of hydrogen-bond acceptors (Lipinski definition) is 4. The van der Waals surface area contributed by atoms with Crippen LogP contribution in [-0.4, -0.2) is 40.4 Å². The van der Waals surface area contributed by atoms with Crippen LogP contribution in [0.15, 0.2) is 47.2 Å². The van der Waals surface area contributed by atoms with Crippen LogP contribution in [0.5, 0.6) is 0 Å². The molecule has 0 aromatic heterocycles. The summed E-state index contributed by atoms with van der Waals surface area (Å²) < 4.78 is 0. The lowest BCUT2D eigenvalue weighted by molar-refractivity contribution is -0.140. The zero-order chi connectivity index (χ0) is 23.1. The predicted octanol–water partition coefficient (Wildman–Crippen LogP) is 4.36. The second-order valence-electron chi connectivity index (χ2n) is 7.52. The summed E-state index contributed by atoms with van der Waals surface area (Å²) in [5, 5.41) is 13.9. The van der Waals surface area contributed by atoms with Crippen molar-refractivity contribution in [3.05, 3.63) is 47.2 Å². The van der Waals surface area contributed by atoms with Crippen LogP contribution in [-0.2, 0) is 14.4 Å². The minimum absolute atomic E-state index is 0.168. The van der Waals surface area contributed by atoms with Gasteiger partial charge in [-0.3, -0.25) is 9.59 Å². The van der Waals surface area contributed by atoms with Crippen molar-refractivity contribution in [2.24, 2.45) is 0 Å². The second kappa shape index (κ2) is 15.5. The molecule has 168 valence electrons. The highest BCUT2D eigenvalue weighted by Crippen LogP contribution is 2.13. The molecule has 1 atom stereocenters. The van der Waals surface area contributed by atoms with Gasteiger partial charge in [-0.15, -0.1) is 0 Å². The Balaban J connectivity index is 4.33. The number of carbonyl (C=O) groups excluding carboxylic acids is 2. The Morgan fingerprint density at radius 1 is 0.967 bits per heavy atom. The summed E-state index contributed by atoms with van der Waals surface area (Å²) in [6.07, 6.45) is 10.7. The number of carbonyl (C=O) groups is 3. The van der Waals surface area contributed by atoms with Gasteiger partial charge < -0.3 is 15.7 Å². The van der Waals surface area contributed by atoms with Crippen LogP contribution in [0.25, 0.3) is 0 Å². The monoisotopic (exact) mass is 436 g/mol. The fourth-order valence-electron chi connectivity index (χ4n) is 2.42. The van der Waals surface area contributed by atoms with E-state index in [2.05, 4.69) is 63.1 Å². The third-order valence-corrected chi connectivity index (χ3v) is 5.13. The molecule has 0 saturated heterocycles. The number of carboxylic acids is 1. The highest BCUT2D eigenvalue weighted by molar-refractivity contribution is 7.99. The van der Waals surface area contributed by atoms with Gasteiger partial charge in [0.1, 0.15) is 6.04 Å². The molecule has 0 aliphatic rings. The molecule has 0 fully saturated rings. The van der Waals surface area contributed by atoms with Gasteiger partial charge in [0.05, 0.1) is 5.70 Å². The van der Waals surface area contributed by atoms with Crippen molar-refractivity contribution < 1.29 is 19.5 Å². The van der Waals surface area contributed by atoms with Crippen molar-refractivity contribution >= 4 is 29.5 Å². The fourth-order valence-corrected chi connectivity index (χ4v) is 3.42. The van der Waals surface area contributed by atoms with Crippen molar-refractivity contribution in [1.29, 1.82) is 0 Å². The first-order valence-electron chi connectivity index (χ1n) is 10.1. The lowest BCUT2D eigenvalue weighted by Gasteiger charge is -2.15. The first-order chi connectivity index (χ1) is 14.0. The Kier molecular flexibility index (Phi) is 14.4. The van der Waals surface area contributed by atoms with Crippen LogP contribution in [0, 0.1) is 0 Å².